The van der Waals surface area contributed by atoms with Crippen LogP contribution in [0.25, 0.3) is 0 Å². The van der Waals surface area contributed by atoms with Crippen molar-refractivity contribution in [2.45, 2.75) is 5.79 Å². The molecule has 0 unspecified atom stereocenters. The van der Waals surface area contributed by atoms with Gasteiger partial charge >= 0.3 is 5.79 Å². The van der Waals surface area contributed by atoms with Crippen LogP contribution in [-0.4, -0.2) is 10.2 Å². The number of ketones is 1. The van der Waals surface area contributed by atoms with Crippen molar-refractivity contribution >= 4 is 28.4 Å². The van der Waals surface area contributed by atoms with Crippen LogP contribution in [0.5, 0.6) is 11.5 Å². The molecule has 4 heteroatoms. The number of hydrogen-bond acceptors (Lipinski definition) is 3. The Morgan fingerprint density at radius 2 is 1.36 bits per heavy atom. The first kappa shape index (κ1) is 16.1. The molecule has 1 heterocycles. The van der Waals surface area contributed by atoms with Crippen LogP contribution in [0.15, 0.2) is 78.9 Å². The molecular weight excluding hydrogens is 427 g/mol. The zero-order valence-corrected chi connectivity index (χ0v) is 15.5. The summed E-state index contributed by atoms with van der Waals surface area (Å²) in [5.41, 5.74) is 2.44. The number of rotatable bonds is 4. The van der Waals surface area contributed by atoms with E-state index in [2.05, 4.69) is 22.6 Å². The second-order valence-electron chi connectivity index (χ2n) is 5.77. The smallest absolute Gasteiger partial charge is 0.305 e. The molecule has 1 aliphatic rings. The normalized spacial score (nSPS) is 14.3. The van der Waals surface area contributed by atoms with Gasteiger partial charge in [-0.1, -0.05) is 83.3 Å². The summed E-state index contributed by atoms with van der Waals surface area (Å²) in [6, 6.07) is 25.0. The molecule has 0 aliphatic carbocycles. The Balaban J connectivity index is 1.83. The lowest BCUT2D eigenvalue weighted by Crippen LogP contribution is -2.36. The average Bonchev–Trinajstić information content (AvgIpc) is 3.08. The summed E-state index contributed by atoms with van der Waals surface area (Å²) in [7, 11) is 0. The van der Waals surface area contributed by atoms with Crippen molar-refractivity contribution in [2.75, 3.05) is 4.43 Å². The van der Waals surface area contributed by atoms with Gasteiger partial charge < -0.3 is 9.47 Å². The van der Waals surface area contributed by atoms with Crippen molar-refractivity contribution in [1.82, 2.24) is 0 Å². The van der Waals surface area contributed by atoms with Gasteiger partial charge in [-0.2, -0.15) is 0 Å². The van der Waals surface area contributed by atoms with Crippen molar-refractivity contribution < 1.29 is 14.3 Å². The molecule has 0 bridgehead atoms. The van der Waals surface area contributed by atoms with Gasteiger partial charge in [-0.25, -0.2) is 0 Å². The van der Waals surface area contributed by atoms with E-state index in [1.165, 1.54) is 0 Å². The van der Waals surface area contributed by atoms with E-state index in [9.17, 15) is 4.79 Å². The van der Waals surface area contributed by atoms with E-state index >= 15 is 0 Å². The second kappa shape index (κ2) is 6.52. The molecule has 1 aliphatic heterocycles. The Kier molecular flexibility index (Phi) is 4.21. The molecule has 0 fully saturated rings. The molecule has 0 spiro atoms. The number of carbonyl (C=O) groups is 1. The van der Waals surface area contributed by atoms with E-state index < -0.39 is 5.79 Å². The molecule has 0 atom stereocenters. The Morgan fingerprint density at radius 3 is 1.92 bits per heavy atom. The van der Waals surface area contributed by atoms with Crippen LogP contribution in [0.3, 0.4) is 0 Å². The van der Waals surface area contributed by atoms with Gasteiger partial charge in [-0.15, -0.1) is 0 Å². The number of benzene rings is 3. The van der Waals surface area contributed by atoms with E-state index in [-0.39, 0.29) is 5.78 Å². The van der Waals surface area contributed by atoms with Crippen LogP contribution in [0, 0.1) is 0 Å². The summed E-state index contributed by atoms with van der Waals surface area (Å²) in [6.45, 7) is 0. The number of hydrogen-bond donors (Lipinski definition) is 0. The maximum atomic E-state index is 12.0. The van der Waals surface area contributed by atoms with E-state index in [4.69, 9.17) is 9.47 Å². The summed E-state index contributed by atoms with van der Waals surface area (Å²) in [4.78, 5) is 12.0. The number of Topliss-reactive ketones (excluding diaryl/α,β-unsaturated/α-hetero) is 1. The van der Waals surface area contributed by atoms with Crippen LogP contribution in [0.4, 0.5) is 0 Å². The third-order valence-corrected chi connectivity index (χ3v) is 4.89. The summed E-state index contributed by atoms with van der Waals surface area (Å²) in [5.74, 6) is 0.252. The molecule has 3 nitrogen and oxygen atoms in total. The molecule has 124 valence electrons. The van der Waals surface area contributed by atoms with Gasteiger partial charge in [0.1, 0.15) is 0 Å². The highest BCUT2D eigenvalue weighted by Crippen LogP contribution is 2.47. The number of ether oxygens (including phenoxy) is 2. The number of carbonyl (C=O) groups excluding carboxylic acids is 1. The lowest BCUT2D eigenvalue weighted by atomic mass is 9.97. The van der Waals surface area contributed by atoms with Gasteiger partial charge in [-0.05, 0) is 18.2 Å². The molecule has 4 rings (SSSR count). The Morgan fingerprint density at radius 1 is 0.800 bits per heavy atom. The Bertz CT molecular complexity index is 867. The molecule has 0 aromatic heterocycles. The fraction of sp³-hybridized carbons (Fsp3) is 0.0952. The van der Waals surface area contributed by atoms with Crippen molar-refractivity contribution in [3.63, 3.8) is 0 Å². The minimum absolute atomic E-state index is 0.0731. The standard InChI is InChI=1S/C21H15IO3/c22-14-18(23)15-11-12-19-20(13-15)25-21(24-19,16-7-3-1-4-8-16)17-9-5-2-6-10-17/h1-13H,14H2. The van der Waals surface area contributed by atoms with Gasteiger partial charge in [0.2, 0.25) is 0 Å². The van der Waals surface area contributed by atoms with Crippen molar-refractivity contribution in [3.8, 4) is 11.5 Å². The maximum absolute atomic E-state index is 12.0. The summed E-state index contributed by atoms with van der Waals surface area (Å²) >= 11 is 2.07. The fourth-order valence-corrected chi connectivity index (χ4v) is 3.41. The molecule has 3 aromatic rings. The molecule has 0 saturated carbocycles. The molecule has 3 aromatic carbocycles. The predicted molar refractivity (Wildman–Crippen MR) is 105 cm³/mol. The second-order valence-corrected chi connectivity index (χ2v) is 6.53. The summed E-state index contributed by atoms with van der Waals surface area (Å²) in [6.07, 6.45) is 0. The third kappa shape index (κ3) is 2.80. The van der Waals surface area contributed by atoms with Crippen molar-refractivity contribution in [2.24, 2.45) is 0 Å². The zero-order valence-electron chi connectivity index (χ0n) is 13.3. The van der Waals surface area contributed by atoms with Crippen LogP contribution >= 0.6 is 22.6 Å². The number of fused-ring (bicyclic) bond motifs is 1. The van der Waals surface area contributed by atoms with Gasteiger partial charge in [0.15, 0.2) is 17.3 Å². The first-order chi connectivity index (χ1) is 12.2. The molecule has 25 heavy (non-hydrogen) atoms. The topological polar surface area (TPSA) is 35.5 Å². The molecule has 0 amide bonds. The largest absolute Gasteiger partial charge is 0.440 e. The third-order valence-electron chi connectivity index (χ3n) is 4.20. The van der Waals surface area contributed by atoms with Crippen LogP contribution in [0.2, 0.25) is 0 Å². The highest BCUT2D eigenvalue weighted by molar-refractivity contribution is 14.1. The summed E-state index contributed by atoms with van der Waals surface area (Å²) in [5, 5.41) is 0. The van der Waals surface area contributed by atoms with Crippen molar-refractivity contribution in [1.29, 1.82) is 0 Å². The molecule has 0 N–H and O–H groups in total. The van der Waals surface area contributed by atoms with Crippen molar-refractivity contribution in [3.05, 3.63) is 95.6 Å². The highest BCUT2D eigenvalue weighted by atomic mass is 127. The lowest BCUT2D eigenvalue weighted by molar-refractivity contribution is -0.0459. The minimum Gasteiger partial charge on any atom is -0.440 e. The fourth-order valence-electron chi connectivity index (χ4n) is 2.97. The SMILES string of the molecule is O=C(CI)c1ccc2c(c1)OC(c1ccccc1)(c1ccccc1)O2. The minimum atomic E-state index is -1.04. The quantitative estimate of drug-likeness (QED) is 0.325. The lowest BCUT2D eigenvalue weighted by Gasteiger charge is -2.28. The van der Waals surface area contributed by atoms with Gasteiger partial charge in [0.25, 0.3) is 0 Å². The van der Waals surface area contributed by atoms with Crippen LogP contribution < -0.4 is 9.47 Å². The first-order valence-electron chi connectivity index (χ1n) is 7.95. The first-order valence-corrected chi connectivity index (χ1v) is 9.48. The predicted octanol–water partition coefficient (Wildman–Crippen LogP) is 4.98. The van der Waals surface area contributed by atoms with E-state index in [1.807, 2.05) is 66.7 Å². The molecule has 0 radical (unpaired) electrons. The molecule has 0 saturated heterocycles. The number of alkyl halides is 1. The number of halogens is 1. The zero-order chi connectivity index (χ0) is 17.3. The maximum Gasteiger partial charge on any atom is 0.305 e. The van der Waals surface area contributed by atoms with Crippen LogP contribution in [-0.2, 0) is 5.79 Å². The highest BCUT2D eigenvalue weighted by Gasteiger charge is 2.45. The Hall–Kier alpha value is -2.34. The Labute approximate surface area is 159 Å². The average molecular weight is 442 g/mol. The summed E-state index contributed by atoms with van der Waals surface area (Å²) < 4.78 is 13.1. The van der Waals surface area contributed by atoms with Crippen LogP contribution in [0.1, 0.15) is 21.5 Å². The molecular formula is C21H15IO3. The van der Waals surface area contributed by atoms with Gasteiger partial charge in [0.05, 0.1) is 4.43 Å². The van der Waals surface area contributed by atoms with Gasteiger partial charge in [-0.3, -0.25) is 4.79 Å². The monoisotopic (exact) mass is 442 g/mol. The van der Waals surface area contributed by atoms with Gasteiger partial charge in [0, 0.05) is 16.7 Å². The van der Waals surface area contributed by atoms with E-state index in [0.29, 0.717) is 21.5 Å². The van der Waals surface area contributed by atoms with E-state index in [1.54, 1.807) is 12.1 Å². The van der Waals surface area contributed by atoms with E-state index in [0.717, 1.165) is 11.1 Å².